The van der Waals surface area contributed by atoms with Gasteiger partial charge in [0, 0.05) is 39.3 Å². The number of hydrogen-bond acceptors (Lipinski definition) is 6. The van der Waals surface area contributed by atoms with E-state index in [4.69, 9.17) is 9.26 Å². The van der Waals surface area contributed by atoms with Crippen LogP contribution in [0.15, 0.2) is 9.52 Å². The molecule has 130 valence electrons. The first-order chi connectivity index (χ1) is 10.8. The van der Waals surface area contributed by atoms with Gasteiger partial charge in [-0.25, -0.2) is 0 Å². The van der Waals surface area contributed by atoms with Crippen LogP contribution in [0.4, 0.5) is 0 Å². The predicted molar refractivity (Wildman–Crippen MR) is 97.0 cm³/mol. The maximum Gasteiger partial charge on any atom is 0.246 e. The van der Waals surface area contributed by atoms with Gasteiger partial charge in [-0.3, -0.25) is 9.89 Å². The second-order valence-electron chi connectivity index (χ2n) is 5.67. The van der Waals surface area contributed by atoms with E-state index in [1.165, 1.54) is 6.42 Å². The van der Waals surface area contributed by atoms with E-state index >= 15 is 0 Å². The molecular formula is C14H25IN6O2. The minimum Gasteiger partial charge on any atom is -0.379 e. The van der Waals surface area contributed by atoms with Crippen molar-refractivity contribution in [3.05, 3.63) is 11.7 Å². The van der Waals surface area contributed by atoms with Gasteiger partial charge in [-0.05, 0) is 13.3 Å². The molecule has 0 radical (unpaired) electrons. The minimum absolute atomic E-state index is 0. The van der Waals surface area contributed by atoms with Crippen LogP contribution < -0.4 is 5.32 Å². The second-order valence-corrected chi connectivity index (χ2v) is 5.67. The lowest BCUT2D eigenvalue weighted by molar-refractivity contribution is 0.0195. The van der Waals surface area contributed by atoms with Crippen LogP contribution in [0.25, 0.3) is 0 Å². The van der Waals surface area contributed by atoms with Crippen LogP contribution in [0.2, 0.25) is 0 Å². The van der Waals surface area contributed by atoms with Crippen LogP contribution in [0.5, 0.6) is 0 Å². The highest BCUT2D eigenvalue weighted by molar-refractivity contribution is 14.0. The first-order valence-corrected chi connectivity index (χ1v) is 7.83. The van der Waals surface area contributed by atoms with Crippen molar-refractivity contribution in [1.29, 1.82) is 0 Å². The molecule has 0 aromatic carbocycles. The van der Waals surface area contributed by atoms with Gasteiger partial charge in [0.15, 0.2) is 11.8 Å². The number of aromatic nitrogens is 2. The summed E-state index contributed by atoms with van der Waals surface area (Å²) in [6.45, 7) is 8.10. The molecule has 0 amide bonds. The van der Waals surface area contributed by atoms with E-state index in [0.29, 0.717) is 24.3 Å². The van der Waals surface area contributed by atoms with Crippen LogP contribution in [0.1, 0.15) is 18.1 Å². The number of hydrogen-bond donors (Lipinski definition) is 1. The van der Waals surface area contributed by atoms with Gasteiger partial charge in [0.05, 0.1) is 19.8 Å². The van der Waals surface area contributed by atoms with Gasteiger partial charge in [-0.2, -0.15) is 4.98 Å². The maximum absolute atomic E-state index is 5.43. The molecule has 2 aliphatic heterocycles. The number of morpholine rings is 1. The van der Waals surface area contributed by atoms with Crippen molar-refractivity contribution in [2.45, 2.75) is 25.9 Å². The van der Waals surface area contributed by atoms with Crippen molar-refractivity contribution >= 4 is 29.9 Å². The summed E-state index contributed by atoms with van der Waals surface area (Å²) in [4.78, 5) is 13.4. The third kappa shape index (κ3) is 4.77. The van der Waals surface area contributed by atoms with E-state index in [1.54, 1.807) is 0 Å². The predicted octanol–water partition coefficient (Wildman–Crippen LogP) is 0.478. The van der Waals surface area contributed by atoms with E-state index in [0.717, 1.165) is 45.4 Å². The molecule has 2 saturated heterocycles. The zero-order valence-corrected chi connectivity index (χ0v) is 16.0. The summed E-state index contributed by atoms with van der Waals surface area (Å²) >= 11 is 0. The molecule has 1 aromatic heterocycles. The normalized spacial score (nSPS) is 23.0. The average molecular weight is 436 g/mol. The molecule has 9 heteroatoms. The van der Waals surface area contributed by atoms with Crippen LogP contribution in [0.3, 0.4) is 0 Å². The monoisotopic (exact) mass is 436 g/mol. The lowest BCUT2D eigenvalue weighted by Gasteiger charge is -2.32. The summed E-state index contributed by atoms with van der Waals surface area (Å²) in [5.41, 5.74) is 0. The minimum atomic E-state index is 0. The maximum atomic E-state index is 5.43. The Morgan fingerprint density at radius 3 is 2.78 bits per heavy atom. The molecule has 1 aromatic rings. The Balaban J connectivity index is 0.00000192. The second kappa shape index (κ2) is 8.78. The lowest BCUT2D eigenvalue weighted by atomic mass is 10.2. The molecule has 8 nitrogen and oxygen atoms in total. The zero-order valence-electron chi connectivity index (χ0n) is 13.7. The smallest absolute Gasteiger partial charge is 0.246 e. The number of aryl methyl sites for hydroxylation is 1. The summed E-state index contributed by atoms with van der Waals surface area (Å²) in [5, 5.41) is 7.09. The average Bonchev–Trinajstić information content (AvgIpc) is 3.18. The van der Waals surface area contributed by atoms with Crippen molar-refractivity contribution in [3.63, 3.8) is 0 Å². The Morgan fingerprint density at radius 1 is 1.35 bits per heavy atom. The Kier molecular flexibility index (Phi) is 7.03. The molecule has 0 spiro atoms. The van der Waals surface area contributed by atoms with Gasteiger partial charge >= 0.3 is 0 Å². The molecule has 3 heterocycles. The number of guanidine groups is 1. The SMILES string of the molecule is CN=C(NCc1nc(C)no1)N1CCC(N2CCOCC2)C1.I. The first-order valence-electron chi connectivity index (χ1n) is 7.83. The Morgan fingerprint density at radius 2 is 2.13 bits per heavy atom. The molecule has 23 heavy (non-hydrogen) atoms. The summed E-state index contributed by atoms with van der Waals surface area (Å²) < 4.78 is 10.5. The lowest BCUT2D eigenvalue weighted by Crippen LogP contribution is -2.46. The van der Waals surface area contributed by atoms with Gasteiger partial charge in [0.1, 0.15) is 0 Å². The van der Waals surface area contributed by atoms with Gasteiger partial charge in [-0.15, -0.1) is 24.0 Å². The van der Waals surface area contributed by atoms with Crippen molar-refractivity contribution < 1.29 is 9.26 Å². The van der Waals surface area contributed by atoms with E-state index in [2.05, 4.69) is 30.2 Å². The largest absolute Gasteiger partial charge is 0.379 e. The fourth-order valence-electron chi connectivity index (χ4n) is 3.07. The highest BCUT2D eigenvalue weighted by Crippen LogP contribution is 2.17. The number of halogens is 1. The van der Waals surface area contributed by atoms with Crippen LogP contribution >= 0.6 is 24.0 Å². The van der Waals surface area contributed by atoms with E-state index in [9.17, 15) is 0 Å². The van der Waals surface area contributed by atoms with Crippen molar-refractivity contribution in [2.75, 3.05) is 46.4 Å². The van der Waals surface area contributed by atoms with E-state index < -0.39 is 0 Å². The number of aliphatic imine (C=N–C) groups is 1. The zero-order chi connectivity index (χ0) is 15.4. The standard InChI is InChI=1S/C14H24N6O2.HI/c1-11-17-13(22-18-11)9-16-14(15-2)20-4-3-12(10-20)19-5-7-21-8-6-19;/h12H,3-10H2,1-2H3,(H,15,16);1H. The molecule has 1 N–H and O–H groups in total. The van der Waals surface area contributed by atoms with Gasteiger partial charge in [-0.1, -0.05) is 5.16 Å². The topological polar surface area (TPSA) is 79.0 Å². The number of likely N-dealkylation sites (tertiary alicyclic amines) is 1. The molecule has 1 atom stereocenters. The van der Waals surface area contributed by atoms with Crippen molar-refractivity contribution in [2.24, 2.45) is 4.99 Å². The Bertz CT molecular complexity index is 517. The van der Waals surface area contributed by atoms with Gasteiger partial charge < -0.3 is 19.5 Å². The van der Waals surface area contributed by atoms with E-state index in [1.807, 2.05) is 14.0 Å². The molecule has 0 aliphatic carbocycles. The third-order valence-electron chi connectivity index (χ3n) is 4.20. The van der Waals surface area contributed by atoms with Gasteiger partial charge in [0.2, 0.25) is 5.89 Å². The fraction of sp³-hybridized carbons (Fsp3) is 0.786. The molecule has 0 saturated carbocycles. The highest BCUT2D eigenvalue weighted by atomic mass is 127. The summed E-state index contributed by atoms with van der Waals surface area (Å²) in [6.07, 6.45) is 1.17. The van der Waals surface area contributed by atoms with Crippen LogP contribution in [0, 0.1) is 6.92 Å². The highest BCUT2D eigenvalue weighted by Gasteiger charge is 2.30. The molecule has 2 fully saturated rings. The first kappa shape index (κ1) is 18.4. The van der Waals surface area contributed by atoms with Crippen LogP contribution in [-0.4, -0.2) is 78.4 Å². The number of ether oxygens (including phenoxy) is 1. The fourth-order valence-corrected chi connectivity index (χ4v) is 3.07. The molecule has 2 aliphatic rings. The number of nitrogens with one attached hydrogen (secondary N) is 1. The molecular weight excluding hydrogens is 411 g/mol. The Labute approximate surface area is 153 Å². The van der Waals surface area contributed by atoms with Crippen LogP contribution in [-0.2, 0) is 11.3 Å². The Hall–Kier alpha value is -0.940. The number of rotatable bonds is 3. The molecule has 0 bridgehead atoms. The summed E-state index contributed by atoms with van der Waals surface area (Å²) in [5.74, 6) is 2.13. The summed E-state index contributed by atoms with van der Waals surface area (Å²) in [6, 6.07) is 0.591. The third-order valence-corrected chi connectivity index (χ3v) is 4.20. The quantitative estimate of drug-likeness (QED) is 0.420. The molecule has 3 rings (SSSR count). The number of nitrogens with zero attached hydrogens (tertiary/aromatic N) is 5. The van der Waals surface area contributed by atoms with Crippen molar-refractivity contribution in [1.82, 2.24) is 25.3 Å². The van der Waals surface area contributed by atoms with Gasteiger partial charge in [0.25, 0.3) is 0 Å². The summed E-state index contributed by atoms with van der Waals surface area (Å²) in [7, 11) is 1.81. The molecule has 1 unspecified atom stereocenters. The van der Waals surface area contributed by atoms with E-state index in [-0.39, 0.29) is 24.0 Å². The van der Waals surface area contributed by atoms with Crippen molar-refractivity contribution in [3.8, 4) is 0 Å².